The van der Waals surface area contributed by atoms with Crippen molar-refractivity contribution in [3.05, 3.63) is 65.7 Å². The predicted molar refractivity (Wildman–Crippen MR) is 90.6 cm³/mol. The Balaban J connectivity index is 2.18. The third kappa shape index (κ3) is 4.91. The summed E-state index contributed by atoms with van der Waals surface area (Å²) in [5, 5.41) is 0. The van der Waals surface area contributed by atoms with Gasteiger partial charge >= 0.3 is 6.09 Å². The molecule has 1 amide bonds. The van der Waals surface area contributed by atoms with E-state index in [1.54, 1.807) is 12.1 Å². The Morgan fingerprint density at radius 2 is 1.78 bits per heavy atom. The Labute approximate surface area is 136 Å². The molecule has 2 aromatic carbocycles. The van der Waals surface area contributed by atoms with Crippen LogP contribution >= 0.6 is 0 Å². The van der Waals surface area contributed by atoms with Gasteiger partial charge < -0.3 is 10.5 Å². The topological polar surface area (TPSA) is 81.8 Å². The molecule has 0 aliphatic carbocycles. The minimum atomic E-state index is -2.91. The minimum absolute atomic E-state index is 0.0925. The highest BCUT2D eigenvalue weighted by Crippen LogP contribution is 2.16. The Hall–Kier alpha value is -2.18. The second-order valence-corrected chi connectivity index (χ2v) is 7.42. The van der Waals surface area contributed by atoms with E-state index in [4.69, 9.17) is 10.5 Å². The molecular weight excluding hydrogens is 312 g/mol. The molecule has 0 aliphatic heterocycles. The van der Waals surface area contributed by atoms with Crippen molar-refractivity contribution >= 4 is 15.8 Å². The van der Waals surface area contributed by atoms with Crippen molar-refractivity contribution in [1.82, 2.24) is 0 Å². The molecule has 0 bridgehead atoms. The lowest BCUT2D eigenvalue weighted by atomic mass is 10.2. The van der Waals surface area contributed by atoms with Crippen LogP contribution in [0.2, 0.25) is 0 Å². The standard InChI is InChI=1S/C17H20N2O3S/c1-14-7-9-16(10-8-14)23(21,12-11-18)19-17(20)22-13-15-5-3-2-4-6-15/h2-10H,11-13,18H2,1H3. The monoisotopic (exact) mass is 332 g/mol. The Morgan fingerprint density at radius 3 is 2.39 bits per heavy atom. The van der Waals surface area contributed by atoms with Crippen LogP contribution in [-0.2, 0) is 21.1 Å². The average molecular weight is 332 g/mol. The summed E-state index contributed by atoms with van der Waals surface area (Å²) in [7, 11) is -2.91. The molecule has 0 fully saturated rings. The van der Waals surface area contributed by atoms with Crippen molar-refractivity contribution in [2.75, 3.05) is 12.3 Å². The van der Waals surface area contributed by atoms with E-state index in [0.717, 1.165) is 11.1 Å². The van der Waals surface area contributed by atoms with E-state index >= 15 is 0 Å². The summed E-state index contributed by atoms with van der Waals surface area (Å²) in [6, 6.07) is 16.3. The predicted octanol–water partition coefficient (Wildman–Crippen LogP) is 3.12. The number of aryl methyl sites for hydroxylation is 1. The second-order valence-electron chi connectivity index (χ2n) is 5.08. The number of carbonyl (C=O) groups is 1. The Kier molecular flexibility index (Phi) is 5.90. The molecule has 0 saturated heterocycles. The lowest BCUT2D eigenvalue weighted by Crippen LogP contribution is -2.17. The van der Waals surface area contributed by atoms with E-state index in [1.807, 2.05) is 49.4 Å². The van der Waals surface area contributed by atoms with Gasteiger partial charge in [-0.25, -0.2) is 9.00 Å². The van der Waals surface area contributed by atoms with E-state index in [9.17, 15) is 9.00 Å². The van der Waals surface area contributed by atoms with Gasteiger partial charge in [0.1, 0.15) is 6.61 Å². The van der Waals surface area contributed by atoms with Gasteiger partial charge in [0.05, 0.1) is 9.73 Å². The summed E-state index contributed by atoms with van der Waals surface area (Å²) in [5.74, 6) is 0.108. The lowest BCUT2D eigenvalue weighted by Gasteiger charge is -2.09. The molecule has 1 atom stereocenters. The number of hydrogen-bond acceptors (Lipinski definition) is 4. The quantitative estimate of drug-likeness (QED) is 0.912. The smallest absolute Gasteiger partial charge is 0.442 e. The van der Waals surface area contributed by atoms with Crippen LogP contribution in [0.15, 0.2) is 63.9 Å². The highest BCUT2D eigenvalue weighted by molar-refractivity contribution is 7.94. The van der Waals surface area contributed by atoms with Gasteiger partial charge in [0.2, 0.25) is 0 Å². The molecule has 0 aromatic heterocycles. The first-order valence-corrected chi connectivity index (χ1v) is 8.94. The molecular formula is C17H20N2O3S. The third-order valence-electron chi connectivity index (χ3n) is 3.21. The van der Waals surface area contributed by atoms with E-state index in [2.05, 4.69) is 4.36 Å². The molecule has 122 valence electrons. The lowest BCUT2D eigenvalue weighted by molar-refractivity contribution is 0.151. The van der Waals surface area contributed by atoms with Crippen molar-refractivity contribution < 1.29 is 13.7 Å². The summed E-state index contributed by atoms with van der Waals surface area (Å²) in [4.78, 5) is 12.4. The molecule has 23 heavy (non-hydrogen) atoms. The number of rotatable bonds is 5. The van der Waals surface area contributed by atoms with Gasteiger partial charge in [-0.2, -0.15) is 0 Å². The first-order chi connectivity index (χ1) is 11.0. The van der Waals surface area contributed by atoms with Crippen LogP contribution in [0.1, 0.15) is 11.1 Å². The summed E-state index contributed by atoms with van der Waals surface area (Å²) in [6.07, 6.45) is -0.840. The van der Waals surface area contributed by atoms with Crippen LogP contribution in [0.4, 0.5) is 4.79 Å². The molecule has 0 spiro atoms. The molecule has 6 heteroatoms. The zero-order chi connectivity index (χ0) is 16.7. The third-order valence-corrected chi connectivity index (χ3v) is 5.45. The molecule has 1 unspecified atom stereocenters. The highest BCUT2D eigenvalue weighted by Gasteiger charge is 2.15. The van der Waals surface area contributed by atoms with Gasteiger partial charge in [0.15, 0.2) is 0 Å². The number of ether oxygens (including phenoxy) is 1. The maximum Gasteiger partial charge on any atom is 0.442 e. The fourth-order valence-electron chi connectivity index (χ4n) is 1.99. The number of benzene rings is 2. The van der Waals surface area contributed by atoms with Crippen LogP contribution in [0.3, 0.4) is 0 Å². The fourth-order valence-corrected chi connectivity index (χ4v) is 3.60. The van der Waals surface area contributed by atoms with Gasteiger partial charge in [-0.15, -0.1) is 4.36 Å². The molecule has 0 saturated carbocycles. The van der Waals surface area contributed by atoms with Gasteiger partial charge in [0.25, 0.3) is 0 Å². The maximum absolute atomic E-state index is 13.0. The van der Waals surface area contributed by atoms with Crippen molar-refractivity contribution in [2.24, 2.45) is 10.1 Å². The second kappa shape index (κ2) is 7.89. The first-order valence-electron chi connectivity index (χ1n) is 7.26. The van der Waals surface area contributed by atoms with Crippen molar-refractivity contribution in [3.63, 3.8) is 0 Å². The van der Waals surface area contributed by atoms with E-state index in [0.29, 0.717) is 4.90 Å². The summed E-state index contributed by atoms with van der Waals surface area (Å²) < 4.78 is 21.9. The van der Waals surface area contributed by atoms with Crippen LogP contribution < -0.4 is 5.73 Å². The normalized spacial score (nSPS) is 13.1. The van der Waals surface area contributed by atoms with Gasteiger partial charge in [-0.05, 0) is 24.6 Å². The number of nitrogens with zero attached hydrogens (tertiary/aromatic N) is 1. The zero-order valence-corrected chi connectivity index (χ0v) is 13.8. The van der Waals surface area contributed by atoms with Crippen molar-refractivity contribution in [3.8, 4) is 0 Å². The number of nitrogens with two attached hydrogens (primary N) is 1. The Bertz CT molecular complexity index is 764. The van der Waals surface area contributed by atoms with Gasteiger partial charge in [-0.3, -0.25) is 0 Å². The number of hydrogen-bond donors (Lipinski definition) is 1. The van der Waals surface area contributed by atoms with E-state index in [1.165, 1.54) is 0 Å². The molecule has 0 radical (unpaired) electrons. The zero-order valence-electron chi connectivity index (χ0n) is 13.0. The number of amides is 1. The largest absolute Gasteiger partial charge is 0.443 e. The van der Waals surface area contributed by atoms with Crippen LogP contribution in [0.5, 0.6) is 0 Å². The molecule has 0 heterocycles. The van der Waals surface area contributed by atoms with Gasteiger partial charge in [-0.1, -0.05) is 48.0 Å². The first kappa shape index (κ1) is 17.2. The van der Waals surface area contributed by atoms with Crippen LogP contribution in [-0.4, -0.2) is 22.6 Å². The average Bonchev–Trinajstić information content (AvgIpc) is 2.54. The van der Waals surface area contributed by atoms with Crippen molar-refractivity contribution in [1.29, 1.82) is 0 Å². The summed E-state index contributed by atoms with van der Waals surface area (Å²) in [5.41, 5.74) is 7.41. The van der Waals surface area contributed by atoms with Crippen LogP contribution in [0, 0.1) is 6.92 Å². The molecule has 0 aliphatic rings. The molecule has 2 N–H and O–H groups in total. The van der Waals surface area contributed by atoms with Crippen LogP contribution in [0.25, 0.3) is 0 Å². The molecule has 2 aromatic rings. The molecule has 5 nitrogen and oxygen atoms in total. The van der Waals surface area contributed by atoms with Crippen molar-refractivity contribution in [2.45, 2.75) is 18.4 Å². The van der Waals surface area contributed by atoms with E-state index in [-0.39, 0.29) is 18.9 Å². The summed E-state index contributed by atoms with van der Waals surface area (Å²) in [6.45, 7) is 2.19. The highest BCUT2D eigenvalue weighted by atomic mass is 32.2. The van der Waals surface area contributed by atoms with Gasteiger partial charge in [0, 0.05) is 17.2 Å². The Morgan fingerprint density at radius 1 is 1.13 bits per heavy atom. The fraction of sp³-hybridized carbons (Fsp3) is 0.235. The molecule has 2 rings (SSSR count). The SMILES string of the molecule is Cc1ccc(S(=O)(CCN)=NC(=O)OCc2ccccc2)cc1. The number of carbonyl (C=O) groups excluding carboxylic acids is 1. The minimum Gasteiger partial charge on any atom is -0.443 e. The summed E-state index contributed by atoms with van der Waals surface area (Å²) >= 11 is 0. The van der Waals surface area contributed by atoms with E-state index < -0.39 is 15.8 Å². The maximum atomic E-state index is 13.0.